The number of ketones is 1. The molecule has 1 aromatic carbocycles. The summed E-state index contributed by atoms with van der Waals surface area (Å²) in [6.07, 6.45) is -4.88. The molecule has 0 bridgehead atoms. The molecule has 1 unspecified atom stereocenters. The maximum absolute atomic E-state index is 12.3. The molecule has 0 aromatic heterocycles. The minimum atomic E-state index is -4.88. The highest BCUT2D eigenvalue weighted by molar-refractivity contribution is 6.00. The zero-order chi connectivity index (χ0) is 13.3. The zero-order valence-corrected chi connectivity index (χ0v) is 9.58. The first-order valence-corrected chi connectivity index (χ1v) is 5.39. The van der Waals surface area contributed by atoms with Crippen molar-refractivity contribution < 1.29 is 27.4 Å². The third-order valence-electron chi connectivity index (χ3n) is 2.51. The van der Waals surface area contributed by atoms with Gasteiger partial charge in [0.2, 0.25) is 0 Å². The van der Waals surface area contributed by atoms with E-state index in [1.165, 1.54) is 6.07 Å². The van der Waals surface area contributed by atoms with Gasteiger partial charge < -0.3 is 9.47 Å². The Morgan fingerprint density at radius 1 is 1.22 bits per heavy atom. The van der Waals surface area contributed by atoms with E-state index in [2.05, 4.69) is 0 Å². The summed E-state index contributed by atoms with van der Waals surface area (Å²) in [5.41, 5.74) is -0.445. The first kappa shape index (κ1) is 12.7. The first-order chi connectivity index (χ1) is 8.38. The lowest BCUT2D eigenvalue weighted by atomic mass is 10.1. The molecule has 1 aliphatic rings. The minimum absolute atomic E-state index is 0.138. The largest absolute Gasteiger partial charge is 0.489 e. The fourth-order valence-corrected chi connectivity index (χ4v) is 1.56. The molecule has 1 aromatic rings. The van der Waals surface area contributed by atoms with Crippen LogP contribution >= 0.6 is 0 Å². The third-order valence-corrected chi connectivity index (χ3v) is 2.51. The minimum Gasteiger partial charge on any atom is -0.489 e. The second kappa shape index (κ2) is 4.51. The Morgan fingerprint density at radius 3 is 2.44 bits per heavy atom. The summed E-state index contributed by atoms with van der Waals surface area (Å²) in [7, 11) is 0. The van der Waals surface area contributed by atoms with Crippen LogP contribution < -0.4 is 9.47 Å². The Balaban J connectivity index is 2.30. The summed E-state index contributed by atoms with van der Waals surface area (Å²) >= 11 is 0. The zero-order valence-electron chi connectivity index (χ0n) is 9.58. The van der Waals surface area contributed by atoms with E-state index in [4.69, 9.17) is 9.47 Å². The molecule has 18 heavy (non-hydrogen) atoms. The second-order valence-corrected chi connectivity index (χ2v) is 4.22. The number of carbonyl (C=O) groups excluding carboxylic acids is 1. The molecule has 1 atom stereocenters. The van der Waals surface area contributed by atoms with E-state index in [0.717, 1.165) is 12.1 Å². The molecule has 0 aliphatic carbocycles. The predicted octanol–water partition coefficient (Wildman–Crippen LogP) is 2.84. The van der Waals surface area contributed by atoms with Crippen LogP contribution in [0.3, 0.4) is 0 Å². The number of fused-ring (bicyclic) bond motifs is 1. The van der Waals surface area contributed by atoms with Crippen molar-refractivity contribution >= 4 is 5.78 Å². The fourth-order valence-electron chi connectivity index (χ4n) is 1.56. The van der Waals surface area contributed by atoms with Gasteiger partial charge in [0.25, 0.3) is 5.78 Å². The molecule has 0 saturated carbocycles. The third kappa shape index (κ3) is 2.57. The highest BCUT2D eigenvalue weighted by Crippen LogP contribution is 2.33. The van der Waals surface area contributed by atoms with E-state index in [9.17, 15) is 18.0 Å². The summed E-state index contributed by atoms with van der Waals surface area (Å²) in [5.74, 6) is -1.21. The number of rotatable bonds is 1. The predicted molar refractivity (Wildman–Crippen MR) is 57.0 cm³/mol. The summed E-state index contributed by atoms with van der Waals surface area (Å²) in [4.78, 5) is 11.1. The molecule has 98 valence electrons. The normalized spacial score (nSPS) is 19.2. The maximum atomic E-state index is 12.3. The van der Waals surface area contributed by atoms with Gasteiger partial charge in [-0.1, -0.05) is 6.92 Å². The van der Waals surface area contributed by atoms with Gasteiger partial charge in [0, 0.05) is 11.5 Å². The van der Waals surface area contributed by atoms with Crippen molar-refractivity contribution in [3.8, 4) is 11.5 Å². The number of carbonyl (C=O) groups is 1. The van der Waals surface area contributed by atoms with Crippen molar-refractivity contribution in [2.45, 2.75) is 13.1 Å². The van der Waals surface area contributed by atoms with Gasteiger partial charge in [-0.15, -0.1) is 0 Å². The molecule has 1 aliphatic heterocycles. The average Bonchev–Trinajstić information content (AvgIpc) is 2.49. The van der Waals surface area contributed by atoms with Crippen molar-refractivity contribution in [2.24, 2.45) is 5.92 Å². The molecule has 0 N–H and O–H groups in total. The number of ether oxygens (including phenoxy) is 2. The Kier molecular flexibility index (Phi) is 3.19. The summed E-state index contributed by atoms with van der Waals surface area (Å²) in [6.45, 7) is 2.67. The van der Waals surface area contributed by atoms with Crippen molar-refractivity contribution in [1.29, 1.82) is 0 Å². The molecule has 3 nitrogen and oxygen atoms in total. The summed E-state index contributed by atoms with van der Waals surface area (Å²) in [5, 5.41) is 0. The Morgan fingerprint density at radius 2 is 1.83 bits per heavy atom. The van der Waals surface area contributed by atoms with Crippen LogP contribution in [0.15, 0.2) is 18.2 Å². The molecule has 0 spiro atoms. The Bertz CT molecular complexity index is 468. The molecule has 0 amide bonds. The Labute approximate surface area is 102 Å². The van der Waals surface area contributed by atoms with Crippen LogP contribution in [0.5, 0.6) is 11.5 Å². The van der Waals surface area contributed by atoms with Gasteiger partial charge in [-0.05, 0) is 18.2 Å². The lowest BCUT2D eigenvalue weighted by Gasteiger charge is -2.09. The number of Topliss-reactive ketones (excluding diaryl/α,β-unsaturated/α-hetero) is 1. The van der Waals surface area contributed by atoms with Crippen LogP contribution in [0.4, 0.5) is 13.2 Å². The van der Waals surface area contributed by atoms with E-state index in [1.807, 2.05) is 6.92 Å². The maximum Gasteiger partial charge on any atom is 0.454 e. The van der Waals surface area contributed by atoms with E-state index < -0.39 is 17.5 Å². The van der Waals surface area contributed by atoms with Crippen molar-refractivity contribution in [1.82, 2.24) is 0 Å². The van der Waals surface area contributed by atoms with Gasteiger partial charge in [-0.2, -0.15) is 13.2 Å². The van der Waals surface area contributed by atoms with Crippen LogP contribution in [0.1, 0.15) is 17.3 Å². The molecular formula is C12H11F3O3. The van der Waals surface area contributed by atoms with Crippen LogP contribution in [-0.2, 0) is 0 Å². The monoisotopic (exact) mass is 260 g/mol. The first-order valence-electron chi connectivity index (χ1n) is 5.39. The van der Waals surface area contributed by atoms with E-state index in [1.54, 1.807) is 0 Å². The number of alkyl halides is 3. The second-order valence-electron chi connectivity index (χ2n) is 4.22. The lowest BCUT2D eigenvalue weighted by molar-refractivity contribution is -0.0885. The summed E-state index contributed by atoms with van der Waals surface area (Å²) < 4.78 is 47.5. The molecular weight excluding hydrogens is 249 g/mol. The van der Waals surface area contributed by atoms with Gasteiger partial charge in [0.15, 0.2) is 11.5 Å². The van der Waals surface area contributed by atoms with Gasteiger partial charge in [-0.25, -0.2) is 0 Å². The van der Waals surface area contributed by atoms with E-state index >= 15 is 0 Å². The highest BCUT2D eigenvalue weighted by Gasteiger charge is 2.39. The van der Waals surface area contributed by atoms with Gasteiger partial charge in [-0.3, -0.25) is 4.79 Å². The van der Waals surface area contributed by atoms with Crippen molar-refractivity contribution in [2.75, 3.05) is 13.2 Å². The van der Waals surface area contributed by atoms with Gasteiger partial charge in [0.1, 0.15) is 0 Å². The van der Waals surface area contributed by atoms with E-state index in [0.29, 0.717) is 19.0 Å². The van der Waals surface area contributed by atoms with Gasteiger partial charge in [0.05, 0.1) is 13.2 Å². The van der Waals surface area contributed by atoms with Crippen LogP contribution in [0, 0.1) is 5.92 Å². The van der Waals surface area contributed by atoms with E-state index in [-0.39, 0.29) is 11.7 Å². The van der Waals surface area contributed by atoms with Crippen LogP contribution in [0.2, 0.25) is 0 Å². The molecule has 1 heterocycles. The Hall–Kier alpha value is -1.72. The molecule has 6 heteroatoms. The van der Waals surface area contributed by atoms with Gasteiger partial charge >= 0.3 is 6.18 Å². The fraction of sp³-hybridized carbons (Fsp3) is 0.417. The lowest BCUT2D eigenvalue weighted by Crippen LogP contribution is -2.22. The molecule has 2 rings (SSSR count). The van der Waals surface area contributed by atoms with Crippen molar-refractivity contribution in [3.63, 3.8) is 0 Å². The molecule has 0 fully saturated rings. The topological polar surface area (TPSA) is 35.5 Å². The standard InChI is InChI=1S/C12H11F3O3/c1-7-5-17-9-3-2-8(4-10(9)18-6-7)11(16)12(13,14)15/h2-4,7H,5-6H2,1H3. The quantitative estimate of drug-likeness (QED) is 0.728. The number of benzene rings is 1. The van der Waals surface area contributed by atoms with Crippen LogP contribution in [0.25, 0.3) is 0 Å². The number of hydrogen-bond acceptors (Lipinski definition) is 3. The average molecular weight is 260 g/mol. The summed E-state index contributed by atoms with van der Waals surface area (Å²) in [6, 6.07) is 3.49. The molecule has 0 saturated heterocycles. The highest BCUT2D eigenvalue weighted by atomic mass is 19.4. The number of hydrogen-bond donors (Lipinski definition) is 0. The smallest absolute Gasteiger partial charge is 0.454 e. The number of halogens is 3. The van der Waals surface area contributed by atoms with Crippen LogP contribution in [-0.4, -0.2) is 25.2 Å². The molecule has 0 radical (unpaired) electrons. The SMILES string of the molecule is CC1COc2ccc(C(=O)C(F)(F)F)cc2OC1. The van der Waals surface area contributed by atoms with Crippen molar-refractivity contribution in [3.05, 3.63) is 23.8 Å².